The summed E-state index contributed by atoms with van der Waals surface area (Å²) in [6.45, 7) is 2.59. The van der Waals surface area contributed by atoms with Crippen molar-refractivity contribution < 1.29 is 4.79 Å². The van der Waals surface area contributed by atoms with Gasteiger partial charge in [0.1, 0.15) is 0 Å². The summed E-state index contributed by atoms with van der Waals surface area (Å²) in [5.74, 6) is 0.193. The van der Waals surface area contributed by atoms with Crippen LogP contribution in [0.4, 0.5) is 0 Å². The van der Waals surface area contributed by atoms with Crippen LogP contribution in [0.1, 0.15) is 34.7 Å². The van der Waals surface area contributed by atoms with E-state index < -0.39 is 5.91 Å². The minimum atomic E-state index is -0.422. The molecule has 1 amide bonds. The fourth-order valence-corrected chi connectivity index (χ4v) is 1.50. The maximum Gasteiger partial charge on any atom is 0.248 e. The lowest BCUT2D eigenvalue weighted by Gasteiger charge is -2.09. The first-order chi connectivity index (χ1) is 8.66. The number of nitrogens with zero attached hydrogens (tertiary/aromatic N) is 3. The van der Waals surface area contributed by atoms with E-state index in [1.54, 1.807) is 12.1 Å². The summed E-state index contributed by atoms with van der Waals surface area (Å²) >= 11 is 0. The smallest absolute Gasteiger partial charge is 0.248 e. The molecule has 0 bridgehead atoms. The molecular weight excluding hydrogens is 232 g/mol. The second kappa shape index (κ2) is 5.37. The van der Waals surface area contributed by atoms with E-state index in [0.717, 1.165) is 5.56 Å². The Morgan fingerprint density at radius 1 is 1.44 bits per heavy atom. The third kappa shape index (κ3) is 2.89. The van der Waals surface area contributed by atoms with Crippen molar-refractivity contribution in [1.82, 2.24) is 25.9 Å². The summed E-state index contributed by atoms with van der Waals surface area (Å²) in [6, 6.07) is 7.13. The van der Waals surface area contributed by atoms with E-state index in [2.05, 4.69) is 25.9 Å². The number of primary amides is 1. The van der Waals surface area contributed by atoms with E-state index in [9.17, 15) is 4.79 Å². The first kappa shape index (κ1) is 12.2. The molecule has 7 heteroatoms. The number of hydrogen-bond acceptors (Lipinski definition) is 5. The Balaban J connectivity index is 1.92. The molecule has 0 aliphatic heterocycles. The Bertz CT molecular complexity index is 507. The molecule has 2 aromatic rings. The highest BCUT2D eigenvalue weighted by atomic mass is 16.1. The van der Waals surface area contributed by atoms with E-state index in [-0.39, 0.29) is 6.04 Å². The van der Waals surface area contributed by atoms with Crippen LogP contribution in [0.2, 0.25) is 0 Å². The zero-order valence-corrected chi connectivity index (χ0v) is 9.92. The fraction of sp³-hybridized carbons (Fsp3) is 0.273. The van der Waals surface area contributed by atoms with Crippen molar-refractivity contribution in [2.75, 3.05) is 0 Å². The largest absolute Gasteiger partial charge is 0.366 e. The van der Waals surface area contributed by atoms with Crippen LogP contribution < -0.4 is 11.1 Å². The molecule has 0 fully saturated rings. The fourth-order valence-electron chi connectivity index (χ4n) is 1.50. The lowest BCUT2D eigenvalue weighted by molar-refractivity contribution is 0.100. The molecule has 0 spiro atoms. The molecule has 2 rings (SSSR count). The number of H-pyrrole nitrogens is 1. The molecule has 1 aromatic heterocycles. The second-order valence-corrected chi connectivity index (χ2v) is 3.93. The number of aromatic amines is 1. The average molecular weight is 246 g/mol. The van der Waals surface area contributed by atoms with Crippen molar-refractivity contribution in [2.24, 2.45) is 5.73 Å². The Hall–Kier alpha value is -2.28. The van der Waals surface area contributed by atoms with Gasteiger partial charge in [-0.15, -0.1) is 10.2 Å². The predicted molar refractivity (Wildman–Crippen MR) is 64.4 cm³/mol. The maximum atomic E-state index is 10.9. The summed E-state index contributed by atoms with van der Waals surface area (Å²) in [5.41, 5.74) is 6.72. The van der Waals surface area contributed by atoms with Gasteiger partial charge < -0.3 is 11.1 Å². The zero-order chi connectivity index (χ0) is 13.0. The Morgan fingerprint density at radius 3 is 2.72 bits per heavy atom. The van der Waals surface area contributed by atoms with Crippen LogP contribution in [0.15, 0.2) is 24.3 Å². The van der Waals surface area contributed by atoms with Crippen LogP contribution in [0.25, 0.3) is 0 Å². The molecule has 0 saturated heterocycles. The predicted octanol–water partition coefficient (Wildman–Crippen LogP) is 0.149. The van der Waals surface area contributed by atoms with Gasteiger partial charge in [-0.3, -0.25) is 4.79 Å². The molecule has 94 valence electrons. The van der Waals surface area contributed by atoms with Crippen molar-refractivity contribution in [3.63, 3.8) is 0 Å². The van der Waals surface area contributed by atoms with Crippen LogP contribution in [0.5, 0.6) is 0 Å². The van der Waals surface area contributed by atoms with Gasteiger partial charge in [0.05, 0.1) is 6.04 Å². The molecule has 1 atom stereocenters. The highest BCUT2D eigenvalue weighted by Crippen LogP contribution is 2.07. The first-order valence-electron chi connectivity index (χ1n) is 5.52. The molecule has 0 aliphatic carbocycles. The molecule has 4 N–H and O–H groups in total. The summed E-state index contributed by atoms with van der Waals surface area (Å²) in [4.78, 5) is 10.9. The number of benzene rings is 1. The molecule has 18 heavy (non-hydrogen) atoms. The highest BCUT2D eigenvalue weighted by molar-refractivity contribution is 5.92. The third-order valence-electron chi connectivity index (χ3n) is 2.60. The van der Waals surface area contributed by atoms with Gasteiger partial charge in [0.2, 0.25) is 5.91 Å². The number of tetrazole rings is 1. The Kier molecular flexibility index (Phi) is 3.63. The van der Waals surface area contributed by atoms with Gasteiger partial charge in [0.25, 0.3) is 0 Å². The minimum absolute atomic E-state index is 0.000401. The van der Waals surface area contributed by atoms with Crippen LogP contribution in [-0.2, 0) is 6.54 Å². The van der Waals surface area contributed by atoms with E-state index in [1.165, 1.54) is 0 Å². The quantitative estimate of drug-likeness (QED) is 0.695. The van der Waals surface area contributed by atoms with Gasteiger partial charge in [-0.25, -0.2) is 0 Å². The van der Waals surface area contributed by atoms with Gasteiger partial charge in [-0.2, -0.15) is 5.21 Å². The van der Waals surface area contributed by atoms with Gasteiger partial charge in [-0.1, -0.05) is 17.3 Å². The number of nitrogens with two attached hydrogens (primary N) is 1. The monoisotopic (exact) mass is 246 g/mol. The topological polar surface area (TPSA) is 110 Å². The van der Waals surface area contributed by atoms with Crippen LogP contribution in [0, 0.1) is 0 Å². The summed E-state index contributed by atoms with van der Waals surface area (Å²) in [6.07, 6.45) is 0. The molecule has 0 aliphatic rings. The minimum Gasteiger partial charge on any atom is -0.366 e. The first-order valence-corrected chi connectivity index (χ1v) is 5.52. The standard InChI is InChI=1S/C11H14N6O/c1-7(11-14-16-17-15-11)13-6-8-2-4-9(5-3-8)10(12)18/h2-5,7,13H,6H2,1H3,(H2,12,18)(H,14,15,16,17). The third-order valence-corrected chi connectivity index (χ3v) is 2.60. The maximum absolute atomic E-state index is 10.9. The molecule has 0 saturated carbocycles. The molecule has 1 aromatic carbocycles. The summed E-state index contributed by atoms with van der Waals surface area (Å²) < 4.78 is 0. The molecule has 7 nitrogen and oxygen atoms in total. The average Bonchev–Trinajstić information content (AvgIpc) is 2.90. The molecule has 0 radical (unpaired) electrons. The molecule has 1 unspecified atom stereocenters. The Labute approximate surface area is 104 Å². The van der Waals surface area contributed by atoms with Crippen molar-refractivity contribution in [2.45, 2.75) is 19.5 Å². The molecule has 1 heterocycles. The van der Waals surface area contributed by atoms with E-state index in [1.807, 2.05) is 19.1 Å². The van der Waals surface area contributed by atoms with Gasteiger partial charge in [0.15, 0.2) is 5.82 Å². The number of nitrogens with one attached hydrogen (secondary N) is 2. The lowest BCUT2D eigenvalue weighted by Crippen LogP contribution is -2.19. The van der Waals surface area contributed by atoms with Crippen LogP contribution >= 0.6 is 0 Å². The van der Waals surface area contributed by atoms with Crippen molar-refractivity contribution in [1.29, 1.82) is 0 Å². The van der Waals surface area contributed by atoms with Crippen molar-refractivity contribution in [3.8, 4) is 0 Å². The second-order valence-electron chi connectivity index (χ2n) is 3.93. The number of hydrogen-bond donors (Lipinski definition) is 3. The van der Waals surface area contributed by atoms with Crippen LogP contribution in [0.3, 0.4) is 0 Å². The highest BCUT2D eigenvalue weighted by Gasteiger charge is 2.09. The number of amides is 1. The van der Waals surface area contributed by atoms with E-state index in [0.29, 0.717) is 17.9 Å². The summed E-state index contributed by atoms with van der Waals surface area (Å²) in [7, 11) is 0. The molecular formula is C11H14N6O. The van der Waals surface area contributed by atoms with Gasteiger partial charge in [-0.05, 0) is 24.6 Å². The van der Waals surface area contributed by atoms with E-state index in [4.69, 9.17) is 5.73 Å². The normalized spacial score (nSPS) is 12.3. The van der Waals surface area contributed by atoms with Crippen molar-refractivity contribution in [3.05, 3.63) is 41.2 Å². The number of carbonyl (C=O) groups is 1. The number of aromatic nitrogens is 4. The van der Waals surface area contributed by atoms with Gasteiger partial charge in [0, 0.05) is 12.1 Å². The van der Waals surface area contributed by atoms with E-state index >= 15 is 0 Å². The van der Waals surface area contributed by atoms with Crippen LogP contribution in [-0.4, -0.2) is 26.5 Å². The van der Waals surface area contributed by atoms with Gasteiger partial charge >= 0.3 is 0 Å². The number of carbonyl (C=O) groups excluding carboxylic acids is 1. The number of rotatable bonds is 5. The SMILES string of the molecule is CC(NCc1ccc(C(N)=O)cc1)c1nn[nH]n1. The lowest BCUT2D eigenvalue weighted by atomic mass is 10.1. The Morgan fingerprint density at radius 2 is 2.17 bits per heavy atom. The van der Waals surface area contributed by atoms with Crippen molar-refractivity contribution >= 4 is 5.91 Å². The zero-order valence-electron chi connectivity index (χ0n) is 9.92. The summed E-state index contributed by atoms with van der Waals surface area (Å²) in [5, 5.41) is 16.9.